The molecule has 1 aliphatic carbocycles. The molecule has 0 bridgehead atoms. The second-order valence-electron chi connectivity index (χ2n) is 9.58. The summed E-state index contributed by atoms with van der Waals surface area (Å²) in [5.41, 5.74) is 7.41. The van der Waals surface area contributed by atoms with Crippen LogP contribution < -0.4 is 16.4 Å². The molecule has 1 unspecified atom stereocenters. The van der Waals surface area contributed by atoms with E-state index >= 15 is 0 Å². The number of nitrogens with two attached hydrogens (primary N) is 1. The number of halogens is 3. The van der Waals surface area contributed by atoms with Crippen molar-refractivity contribution < 1.29 is 9.53 Å². The molecular formula is C24H28Cl3N7O2. The highest BCUT2D eigenvalue weighted by Crippen LogP contribution is 2.40. The van der Waals surface area contributed by atoms with Gasteiger partial charge < -0.3 is 21.1 Å². The van der Waals surface area contributed by atoms with E-state index in [9.17, 15) is 4.79 Å². The van der Waals surface area contributed by atoms with Crippen molar-refractivity contribution in [2.45, 2.75) is 51.1 Å². The van der Waals surface area contributed by atoms with Crippen molar-refractivity contribution in [2.75, 3.05) is 23.8 Å². The quantitative estimate of drug-likeness (QED) is 0.365. The molecule has 12 heteroatoms. The Balaban J connectivity index is 1.53. The number of fused-ring (bicyclic) bond motifs is 1. The van der Waals surface area contributed by atoms with E-state index in [0.29, 0.717) is 75.8 Å². The van der Waals surface area contributed by atoms with E-state index in [1.165, 1.54) is 0 Å². The number of carbonyl (C=O) groups is 1. The molecule has 0 spiro atoms. The molecule has 2 aliphatic rings. The highest BCUT2D eigenvalue weighted by molar-refractivity contribution is 6.41. The Hall–Kier alpha value is -2.33. The maximum Gasteiger partial charge on any atom is 0.224 e. The smallest absolute Gasteiger partial charge is 0.224 e. The molecule has 1 aliphatic heterocycles. The number of nitrogens with zero attached hydrogens (tertiary/aromatic N) is 4. The minimum absolute atomic E-state index is 0.0581. The van der Waals surface area contributed by atoms with Crippen molar-refractivity contribution >= 4 is 69.5 Å². The van der Waals surface area contributed by atoms with Crippen LogP contribution in [0, 0.1) is 11.8 Å². The molecule has 2 aromatic heterocycles. The molecule has 192 valence electrons. The van der Waals surface area contributed by atoms with Gasteiger partial charge in [-0.25, -0.2) is 9.97 Å². The summed E-state index contributed by atoms with van der Waals surface area (Å²) in [5, 5.41) is 7.98. The average Bonchev–Trinajstić information content (AvgIpc) is 3.20. The average molecular weight is 553 g/mol. The van der Waals surface area contributed by atoms with Gasteiger partial charge in [0, 0.05) is 29.6 Å². The molecule has 4 N–H and O–H groups in total. The zero-order chi connectivity index (χ0) is 25.4. The van der Waals surface area contributed by atoms with Crippen LogP contribution in [0.5, 0.6) is 0 Å². The fourth-order valence-corrected chi connectivity index (χ4v) is 5.96. The summed E-state index contributed by atoms with van der Waals surface area (Å²) in [5.74, 6) is 1.07. The lowest BCUT2D eigenvalue weighted by Crippen LogP contribution is -2.36. The maximum absolute atomic E-state index is 11.7. The Bertz CT molecular complexity index is 1250. The van der Waals surface area contributed by atoms with Gasteiger partial charge >= 0.3 is 0 Å². The van der Waals surface area contributed by atoms with Crippen LogP contribution in [0.15, 0.2) is 18.3 Å². The molecule has 36 heavy (non-hydrogen) atoms. The normalized spacial score (nSPS) is 24.6. The molecular weight excluding hydrogens is 525 g/mol. The predicted octanol–water partition coefficient (Wildman–Crippen LogP) is 5.58. The molecule has 1 saturated carbocycles. The van der Waals surface area contributed by atoms with Crippen molar-refractivity contribution in [3.63, 3.8) is 0 Å². The van der Waals surface area contributed by atoms with Gasteiger partial charge in [-0.3, -0.25) is 9.36 Å². The Kier molecular flexibility index (Phi) is 7.44. The van der Waals surface area contributed by atoms with E-state index in [0.717, 1.165) is 19.3 Å². The highest BCUT2D eigenvalue weighted by atomic mass is 35.5. The Morgan fingerprint density at radius 3 is 2.50 bits per heavy atom. The van der Waals surface area contributed by atoms with Crippen molar-refractivity contribution in [2.24, 2.45) is 17.6 Å². The van der Waals surface area contributed by atoms with E-state index in [-0.39, 0.29) is 23.9 Å². The number of hydrogen-bond acceptors (Lipinski definition) is 7. The molecule has 1 aromatic carbocycles. The lowest BCUT2D eigenvalue weighted by molar-refractivity contribution is -0.122. The number of nitrogens with one attached hydrogen (secondary N) is 2. The Morgan fingerprint density at radius 2 is 1.83 bits per heavy atom. The summed E-state index contributed by atoms with van der Waals surface area (Å²) in [4.78, 5) is 25.9. The number of rotatable bonds is 6. The van der Waals surface area contributed by atoms with Crippen LogP contribution in [0.3, 0.4) is 0 Å². The molecule has 2 fully saturated rings. The first-order valence-electron chi connectivity index (χ1n) is 12.1. The summed E-state index contributed by atoms with van der Waals surface area (Å²) < 4.78 is 7.63. The topological polar surface area (TPSA) is 120 Å². The van der Waals surface area contributed by atoms with Crippen molar-refractivity contribution in [1.29, 1.82) is 0 Å². The van der Waals surface area contributed by atoms with Crippen LogP contribution in [0.2, 0.25) is 15.1 Å². The molecule has 3 aromatic rings. The van der Waals surface area contributed by atoms with Crippen LogP contribution in [0.4, 0.5) is 17.6 Å². The standard InChI is InChI=1S/C24H28Cl3N7O2/c1-12-11-36-7-6-18(12)30-23-29-10-19-22(33-23)34(15-4-2-13(3-5-15)21(28)35)24(31-19)32-20-16(26)8-14(25)9-17(20)27/h8-10,12-13,15,18H,2-7,11H2,1H3,(H2,28,35)(H,31,32)(H,29,30,33)/t12-,13?,15?,18?/m0/s1. The zero-order valence-electron chi connectivity index (χ0n) is 19.8. The highest BCUT2D eigenvalue weighted by Gasteiger charge is 2.30. The maximum atomic E-state index is 11.7. The number of hydrogen-bond donors (Lipinski definition) is 3. The van der Waals surface area contributed by atoms with Crippen molar-refractivity contribution in [1.82, 2.24) is 19.5 Å². The molecule has 2 atom stereocenters. The van der Waals surface area contributed by atoms with Gasteiger partial charge in [0.1, 0.15) is 5.52 Å². The van der Waals surface area contributed by atoms with Gasteiger partial charge in [-0.2, -0.15) is 4.98 Å². The van der Waals surface area contributed by atoms with Crippen LogP contribution in [0.25, 0.3) is 11.2 Å². The van der Waals surface area contributed by atoms with Gasteiger partial charge in [0.2, 0.25) is 17.8 Å². The number of amides is 1. The predicted molar refractivity (Wildman–Crippen MR) is 142 cm³/mol. The van der Waals surface area contributed by atoms with Gasteiger partial charge in [0.15, 0.2) is 5.65 Å². The van der Waals surface area contributed by atoms with Crippen LogP contribution >= 0.6 is 34.8 Å². The fraction of sp³-hybridized carbons (Fsp3) is 0.500. The fourth-order valence-electron chi connectivity index (χ4n) is 5.05. The van der Waals surface area contributed by atoms with E-state index in [1.54, 1.807) is 18.3 Å². The number of aromatic nitrogens is 4. The SMILES string of the molecule is C[C@H]1COCCC1Nc1ncc2nc(Nc3c(Cl)cc(Cl)cc3Cl)n(C3CCC(C(N)=O)CC3)c2n1. The third-order valence-electron chi connectivity index (χ3n) is 7.10. The van der Waals surface area contributed by atoms with E-state index in [2.05, 4.69) is 27.1 Å². The number of carbonyl (C=O) groups excluding carboxylic acids is 1. The Morgan fingerprint density at radius 1 is 1.11 bits per heavy atom. The molecule has 0 radical (unpaired) electrons. The van der Waals surface area contributed by atoms with Gasteiger partial charge in [0.25, 0.3) is 0 Å². The summed E-state index contributed by atoms with van der Waals surface area (Å²) in [6.45, 7) is 3.57. The van der Waals surface area contributed by atoms with Crippen molar-refractivity contribution in [3.8, 4) is 0 Å². The van der Waals surface area contributed by atoms with Crippen LogP contribution in [-0.2, 0) is 9.53 Å². The number of ether oxygens (including phenoxy) is 1. The first-order valence-corrected chi connectivity index (χ1v) is 13.2. The summed E-state index contributed by atoms with van der Waals surface area (Å²) in [7, 11) is 0. The van der Waals surface area contributed by atoms with E-state index in [1.807, 2.05) is 0 Å². The minimum atomic E-state index is -0.249. The summed E-state index contributed by atoms with van der Waals surface area (Å²) in [6, 6.07) is 3.53. The first-order chi connectivity index (χ1) is 17.3. The minimum Gasteiger partial charge on any atom is -0.381 e. The summed E-state index contributed by atoms with van der Waals surface area (Å²) >= 11 is 19.0. The Labute approximate surface area is 224 Å². The first kappa shape index (κ1) is 25.3. The van der Waals surface area contributed by atoms with Crippen molar-refractivity contribution in [3.05, 3.63) is 33.4 Å². The summed E-state index contributed by atoms with van der Waals surface area (Å²) in [6.07, 6.45) is 5.55. The largest absolute Gasteiger partial charge is 0.381 e. The molecule has 5 rings (SSSR count). The van der Waals surface area contributed by atoms with Gasteiger partial charge in [-0.05, 0) is 50.2 Å². The van der Waals surface area contributed by atoms with Crippen LogP contribution in [0.1, 0.15) is 45.1 Å². The monoisotopic (exact) mass is 551 g/mol. The number of benzene rings is 1. The zero-order valence-corrected chi connectivity index (χ0v) is 22.1. The number of anilines is 3. The molecule has 1 saturated heterocycles. The third-order valence-corrected chi connectivity index (χ3v) is 7.91. The van der Waals surface area contributed by atoms with Gasteiger partial charge in [0.05, 0.1) is 28.5 Å². The molecule has 1 amide bonds. The van der Waals surface area contributed by atoms with Gasteiger partial charge in [-0.1, -0.05) is 41.7 Å². The van der Waals surface area contributed by atoms with Crippen LogP contribution in [-0.4, -0.2) is 44.7 Å². The molecule has 9 nitrogen and oxygen atoms in total. The van der Waals surface area contributed by atoms with E-state index < -0.39 is 0 Å². The molecule has 3 heterocycles. The van der Waals surface area contributed by atoms with E-state index in [4.69, 9.17) is 55.2 Å². The number of imidazole rings is 1. The van der Waals surface area contributed by atoms with Gasteiger partial charge in [-0.15, -0.1) is 0 Å². The third kappa shape index (κ3) is 5.20. The lowest BCUT2D eigenvalue weighted by Gasteiger charge is -2.30. The second-order valence-corrected chi connectivity index (χ2v) is 10.8. The second kappa shape index (κ2) is 10.6. The number of primary amides is 1. The lowest BCUT2D eigenvalue weighted by atomic mass is 9.85.